The van der Waals surface area contributed by atoms with Crippen LogP contribution in [0.5, 0.6) is 5.75 Å². The van der Waals surface area contributed by atoms with Gasteiger partial charge in [-0.05, 0) is 29.7 Å². The van der Waals surface area contributed by atoms with Crippen LogP contribution in [0.1, 0.15) is 28.4 Å². The predicted molar refractivity (Wildman–Crippen MR) is 94.7 cm³/mol. The van der Waals surface area contributed by atoms with Crippen LogP contribution in [0.2, 0.25) is 0 Å². The van der Waals surface area contributed by atoms with E-state index in [0.29, 0.717) is 31.1 Å². The summed E-state index contributed by atoms with van der Waals surface area (Å²) in [6, 6.07) is 15.3. The number of aryl methyl sites for hydroxylation is 1. The fourth-order valence-corrected chi connectivity index (χ4v) is 2.84. The van der Waals surface area contributed by atoms with Crippen LogP contribution in [0.15, 0.2) is 48.5 Å². The number of nitrogens with one attached hydrogen (secondary N) is 1. The Labute approximate surface area is 147 Å². The smallest absolute Gasteiger partial charge is 0.255 e. The lowest BCUT2D eigenvalue weighted by Crippen LogP contribution is -2.64. The maximum atomic E-state index is 12.6. The Kier molecular flexibility index (Phi) is 5.36. The predicted octanol–water partition coefficient (Wildman–Crippen LogP) is 2.32. The van der Waals surface area contributed by atoms with Crippen molar-refractivity contribution in [3.8, 4) is 5.75 Å². The fraction of sp³-hybridized carbons (Fsp3) is 0.350. The lowest BCUT2D eigenvalue weighted by molar-refractivity contribution is -0.0919. The molecule has 5 nitrogen and oxygen atoms in total. The Bertz CT molecular complexity index is 734. The van der Waals surface area contributed by atoms with Gasteiger partial charge in [0.25, 0.3) is 5.91 Å². The first-order valence-corrected chi connectivity index (χ1v) is 8.47. The highest BCUT2D eigenvalue weighted by Crippen LogP contribution is 2.23. The van der Waals surface area contributed by atoms with Crippen LogP contribution in [0.3, 0.4) is 0 Å². The average Bonchev–Trinajstić information content (AvgIpc) is 2.63. The van der Waals surface area contributed by atoms with Crippen molar-refractivity contribution >= 4 is 5.91 Å². The lowest BCUT2D eigenvalue weighted by atomic mass is 9.98. The van der Waals surface area contributed by atoms with E-state index in [9.17, 15) is 9.90 Å². The molecule has 0 spiro atoms. The normalized spacial score (nSPS) is 15.3. The van der Waals surface area contributed by atoms with Crippen molar-refractivity contribution in [3.05, 3.63) is 65.2 Å². The maximum absolute atomic E-state index is 12.6. The quantitative estimate of drug-likeness (QED) is 0.811. The Morgan fingerprint density at radius 2 is 1.84 bits per heavy atom. The van der Waals surface area contributed by atoms with Gasteiger partial charge >= 0.3 is 0 Å². The van der Waals surface area contributed by atoms with E-state index in [0.717, 1.165) is 12.0 Å². The van der Waals surface area contributed by atoms with E-state index >= 15 is 0 Å². The van der Waals surface area contributed by atoms with E-state index in [1.165, 1.54) is 5.56 Å². The summed E-state index contributed by atoms with van der Waals surface area (Å²) in [5.74, 6) is 0.260. The minimum absolute atomic E-state index is 0.147. The first-order valence-electron chi connectivity index (χ1n) is 8.47. The standard InChI is InChI=1S/C20H23NO4/c1-2-15-7-3-4-8-16(15)11-25-18-10-6-5-9-17(18)19(23)21-20(12-22)13-24-14-20/h3-10,22H,2,11-14H2,1H3,(H,21,23). The number of para-hydroxylation sites is 1. The first-order chi connectivity index (χ1) is 12.2. The Morgan fingerprint density at radius 3 is 2.48 bits per heavy atom. The number of ether oxygens (including phenoxy) is 2. The Hall–Kier alpha value is -2.37. The molecular formula is C20H23NO4. The number of aliphatic hydroxyl groups excluding tert-OH is 1. The van der Waals surface area contributed by atoms with Crippen molar-refractivity contribution in [2.45, 2.75) is 25.5 Å². The number of carbonyl (C=O) groups is 1. The van der Waals surface area contributed by atoms with Gasteiger partial charge < -0.3 is 19.9 Å². The molecule has 0 atom stereocenters. The summed E-state index contributed by atoms with van der Waals surface area (Å²) in [5.41, 5.74) is 2.12. The molecule has 3 rings (SSSR count). The number of rotatable bonds is 7. The summed E-state index contributed by atoms with van der Waals surface area (Å²) in [4.78, 5) is 12.6. The molecule has 25 heavy (non-hydrogen) atoms. The van der Waals surface area contributed by atoms with E-state index in [2.05, 4.69) is 18.3 Å². The number of carbonyl (C=O) groups excluding carboxylic acids is 1. The van der Waals surface area contributed by atoms with E-state index in [1.807, 2.05) is 24.3 Å². The maximum Gasteiger partial charge on any atom is 0.255 e. The summed E-state index contributed by atoms with van der Waals surface area (Å²) in [6.07, 6.45) is 0.931. The Morgan fingerprint density at radius 1 is 1.16 bits per heavy atom. The first kappa shape index (κ1) is 17.5. The summed E-state index contributed by atoms with van der Waals surface area (Å²) < 4.78 is 11.1. The third kappa shape index (κ3) is 3.83. The molecule has 132 valence electrons. The molecule has 0 bridgehead atoms. The zero-order valence-corrected chi connectivity index (χ0v) is 14.3. The number of amides is 1. The highest BCUT2D eigenvalue weighted by Gasteiger charge is 2.40. The van der Waals surface area contributed by atoms with Gasteiger partial charge in [-0.2, -0.15) is 0 Å². The second-order valence-corrected chi connectivity index (χ2v) is 6.29. The third-order valence-electron chi connectivity index (χ3n) is 4.45. The highest BCUT2D eigenvalue weighted by molar-refractivity contribution is 5.97. The number of hydrogen-bond acceptors (Lipinski definition) is 4. The van der Waals surface area contributed by atoms with Crippen LogP contribution in [0.4, 0.5) is 0 Å². The molecule has 1 heterocycles. The molecule has 0 aliphatic carbocycles. The Balaban J connectivity index is 1.73. The zero-order valence-electron chi connectivity index (χ0n) is 14.3. The van der Waals surface area contributed by atoms with E-state index in [-0.39, 0.29) is 12.5 Å². The van der Waals surface area contributed by atoms with Crippen LogP contribution >= 0.6 is 0 Å². The van der Waals surface area contributed by atoms with Crippen molar-refractivity contribution < 1.29 is 19.4 Å². The molecule has 2 aromatic carbocycles. The molecule has 1 fully saturated rings. The molecule has 1 saturated heterocycles. The van der Waals surface area contributed by atoms with Gasteiger partial charge in [0.15, 0.2) is 0 Å². The molecule has 1 aliphatic rings. The van der Waals surface area contributed by atoms with Gasteiger partial charge in [-0.25, -0.2) is 0 Å². The number of aliphatic hydroxyl groups is 1. The van der Waals surface area contributed by atoms with Crippen molar-refractivity contribution in [3.63, 3.8) is 0 Å². The average molecular weight is 341 g/mol. The van der Waals surface area contributed by atoms with Crippen LogP contribution in [0.25, 0.3) is 0 Å². The fourth-order valence-electron chi connectivity index (χ4n) is 2.84. The van der Waals surface area contributed by atoms with Crippen molar-refractivity contribution in [2.75, 3.05) is 19.8 Å². The monoisotopic (exact) mass is 341 g/mol. The van der Waals surface area contributed by atoms with E-state index in [1.54, 1.807) is 18.2 Å². The van der Waals surface area contributed by atoms with Gasteiger partial charge in [0.05, 0.1) is 25.4 Å². The van der Waals surface area contributed by atoms with Crippen molar-refractivity contribution in [1.82, 2.24) is 5.32 Å². The molecule has 1 aliphatic heterocycles. The molecule has 2 aromatic rings. The molecule has 0 aromatic heterocycles. The summed E-state index contributed by atoms with van der Waals surface area (Å²) in [5, 5.41) is 12.3. The van der Waals surface area contributed by atoms with Crippen molar-refractivity contribution in [1.29, 1.82) is 0 Å². The minimum atomic E-state index is -0.682. The second kappa shape index (κ2) is 7.68. The number of benzene rings is 2. The zero-order chi connectivity index (χ0) is 17.7. The second-order valence-electron chi connectivity index (χ2n) is 6.29. The molecule has 1 amide bonds. The van der Waals surface area contributed by atoms with E-state index < -0.39 is 5.54 Å². The van der Waals surface area contributed by atoms with Gasteiger partial charge in [-0.3, -0.25) is 4.79 Å². The molecule has 2 N–H and O–H groups in total. The summed E-state index contributed by atoms with van der Waals surface area (Å²) in [6.45, 7) is 3.01. The van der Waals surface area contributed by atoms with Crippen LogP contribution in [0, 0.1) is 0 Å². The number of hydrogen-bond donors (Lipinski definition) is 2. The molecule has 0 unspecified atom stereocenters. The highest BCUT2D eigenvalue weighted by atomic mass is 16.5. The molecule has 0 saturated carbocycles. The molecular weight excluding hydrogens is 318 g/mol. The van der Waals surface area contributed by atoms with E-state index in [4.69, 9.17) is 9.47 Å². The van der Waals surface area contributed by atoms with Crippen LogP contribution < -0.4 is 10.1 Å². The largest absolute Gasteiger partial charge is 0.488 e. The SMILES string of the molecule is CCc1ccccc1COc1ccccc1C(=O)NC1(CO)COC1. The summed E-state index contributed by atoms with van der Waals surface area (Å²) >= 11 is 0. The van der Waals surface area contributed by atoms with Crippen LogP contribution in [-0.2, 0) is 17.8 Å². The topological polar surface area (TPSA) is 67.8 Å². The summed E-state index contributed by atoms with van der Waals surface area (Å²) in [7, 11) is 0. The van der Waals surface area contributed by atoms with Gasteiger partial charge in [0.1, 0.15) is 17.9 Å². The van der Waals surface area contributed by atoms with Gasteiger partial charge in [-0.1, -0.05) is 43.3 Å². The van der Waals surface area contributed by atoms with Gasteiger partial charge in [-0.15, -0.1) is 0 Å². The minimum Gasteiger partial charge on any atom is -0.488 e. The third-order valence-corrected chi connectivity index (χ3v) is 4.45. The molecule has 0 radical (unpaired) electrons. The van der Waals surface area contributed by atoms with Gasteiger partial charge in [0.2, 0.25) is 0 Å². The molecule has 5 heteroatoms. The van der Waals surface area contributed by atoms with Gasteiger partial charge in [0, 0.05) is 0 Å². The van der Waals surface area contributed by atoms with Crippen LogP contribution in [-0.4, -0.2) is 36.4 Å². The lowest BCUT2D eigenvalue weighted by Gasteiger charge is -2.40. The van der Waals surface area contributed by atoms with Crippen molar-refractivity contribution in [2.24, 2.45) is 0 Å².